The number of aliphatic imine (C=N–C) groups is 1. The number of hydrogen-bond acceptors (Lipinski definition) is 4. The molecule has 1 aliphatic heterocycles. The highest BCUT2D eigenvalue weighted by atomic mass is 127. The molecule has 2 N–H and O–H groups in total. The van der Waals surface area contributed by atoms with Gasteiger partial charge in [0.05, 0.1) is 6.26 Å². The fourth-order valence-electron chi connectivity index (χ4n) is 3.37. The van der Waals surface area contributed by atoms with Crippen molar-refractivity contribution in [3.8, 4) is 0 Å². The molecule has 7 nitrogen and oxygen atoms in total. The fourth-order valence-corrected chi connectivity index (χ4v) is 3.84. The summed E-state index contributed by atoms with van der Waals surface area (Å²) in [5, 5.41) is 3.23. The van der Waals surface area contributed by atoms with Gasteiger partial charge in [-0.15, -0.1) is 24.0 Å². The molecule has 1 aromatic rings. The molecule has 154 valence electrons. The topological polar surface area (TPSA) is 77.0 Å². The lowest BCUT2D eigenvalue weighted by molar-refractivity contribution is 0.127. The molecule has 0 spiro atoms. The molecule has 2 rings (SSSR count). The molecule has 1 aliphatic rings. The highest BCUT2D eigenvalue weighted by Gasteiger charge is 2.25. The summed E-state index contributed by atoms with van der Waals surface area (Å²) in [6, 6.07) is 11.1. The van der Waals surface area contributed by atoms with E-state index in [2.05, 4.69) is 62.1 Å². The van der Waals surface area contributed by atoms with Crippen LogP contribution in [-0.2, 0) is 10.0 Å². The van der Waals surface area contributed by atoms with E-state index >= 15 is 0 Å². The van der Waals surface area contributed by atoms with E-state index in [1.165, 1.54) is 5.56 Å². The van der Waals surface area contributed by atoms with E-state index in [9.17, 15) is 8.42 Å². The van der Waals surface area contributed by atoms with E-state index in [0.29, 0.717) is 19.1 Å². The Bertz CT molecular complexity index is 676. The van der Waals surface area contributed by atoms with Gasteiger partial charge in [-0.05, 0) is 12.0 Å². The lowest BCUT2D eigenvalue weighted by Crippen LogP contribution is -2.53. The molecule has 0 saturated carbocycles. The van der Waals surface area contributed by atoms with Crippen LogP contribution >= 0.6 is 24.0 Å². The molecule has 0 radical (unpaired) electrons. The summed E-state index contributed by atoms with van der Waals surface area (Å²) in [5.74, 6) is 0.827. The number of halogens is 1. The first-order valence-electron chi connectivity index (χ1n) is 9.14. The molecular formula is C18H32IN5O2S. The first kappa shape index (κ1) is 24.1. The number of benzene rings is 1. The number of nitrogens with zero attached hydrogens (tertiary/aromatic N) is 3. The van der Waals surface area contributed by atoms with Crippen LogP contribution in [0.5, 0.6) is 0 Å². The molecule has 0 aromatic heterocycles. The van der Waals surface area contributed by atoms with Crippen molar-refractivity contribution >= 4 is 40.0 Å². The van der Waals surface area contributed by atoms with Gasteiger partial charge in [0.1, 0.15) is 0 Å². The maximum absolute atomic E-state index is 11.1. The summed E-state index contributed by atoms with van der Waals surface area (Å²) in [6.45, 7) is 6.88. The Morgan fingerprint density at radius 1 is 1.15 bits per heavy atom. The van der Waals surface area contributed by atoms with Gasteiger partial charge in [0.15, 0.2) is 5.96 Å². The van der Waals surface area contributed by atoms with E-state index in [4.69, 9.17) is 0 Å². The van der Waals surface area contributed by atoms with Crippen LogP contribution < -0.4 is 10.0 Å². The van der Waals surface area contributed by atoms with Gasteiger partial charge in [0.25, 0.3) is 0 Å². The van der Waals surface area contributed by atoms with Crippen molar-refractivity contribution in [3.63, 3.8) is 0 Å². The number of sulfonamides is 1. The minimum atomic E-state index is -3.15. The first-order chi connectivity index (χ1) is 12.4. The van der Waals surface area contributed by atoms with Crippen LogP contribution in [0.1, 0.15) is 24.9 Å². The maximum Gasteiger partial charge on any atom is 0.208 e. The second-order valence-electron chi connectivity index (χ2n) is 6.50. The molecule has 1 atom stereocenters. The second kappa shape index (κ2) is 11.8. The van der Waals surface area contributed by atoms with Crippen molar-refractivity contribution in [2.24, 2.45) is 4.99 Å². The summed E-state index contributed by atoms with van der Waals surface area (Å²) < 4.78 is 24.7. The molecule has 0 bridgehead atoms. The highest BCUT2D eigenvalue weighted by molar-refractivity contribution is 14.0. The Hall–Kier alpha value is -0.910. The van der Waals surface area contributed by atoms with Crippen LogP contribution in [0.15, 0.2) is 35.3 Å². The number of rotatable bonds is 7. The summed E-state index contributed by atoms with van der Waals surface area (Å²) in [7, 11) is -1.39. The average Bonchev–Trinajstić information content (AvgIpc) is 2.63. The number of guanidine groups is 1. The number of hydrogen-bond donors (Lipinski definition) is 2. The first-order valence-corrected chi connectivity index (χ1v) is 11.0. The van der Waals surface area contributed by atoms with E-state index < -0.39 is 10.0 Å². The summed E-state index contributed by atoms with van der Waals surface area (Å²) in [6.07, 6.45) is 2.26. The Kier molecular flexibility index (Phi) is 10.6. The summed E-state index contributed by atoms with van der Waals surface area (Å²) in [5.41, 5.74) is 1.37. The number of piperazine rings is 1. The molecule has 1 saturated heterocycles. The van der Waals surface area contributed by atoms with Gasteiger partial charge in [-0.1, -0.05) is 37.3 Å². The second-order valence-corrected chi connectivity index (χ2v) is 8.33. The van der Waals surface area contributed by atoms with Crippen molar-refractivity contribution in [1.82, 2.24) is 19.8 Å². The largest absolute Gasteiger partial charge is 0.355 e. The van der Waals surface area contributed by atoms with Crippen LogP contribution in [0.25, 0.3) is 0 Å². The molecule has 1 fully saturated rings. The lowest BCUT2D eigenvalue weighted by atomic mass is 10.0. The Labute approximate surface area is 180 Å². The molecule has 9 heteroatoms. The van der Waals surface area contributed by atoms with Crippen molar-refractivity contribution in [2.75, 3.05) is 52.6 Å². The Morgan fingerprint density at radius 2 is 1.78 bits per heavy atom. The van der Waals surface area contributed by atoms with Crippen LogP contribution in [0, 0.1) is 0 Å². The van der Waals surface area contributed by atoms with Crippen molar-refractivity contribution < 1.29 is 8.42 Å². The van der Waals surface area contributed by atoms with Crippen LogP contribution in [0.4, 0.5) is 0 Å². The Balaban J connectivity index is 0.00000364. The lowest BCUT2D eigenvalue weighted by Gasteiger charge is -2.40. The minimum absolute atomic E-state index is 0. The monoisotopic (exact) mass is 509 g/mol. The molecule has 1 unspecified atom stereocenters. The fraction of sp³-hybridized carbons (Fsp3) is 0.611. The third-order valence-electron chi connectivity index (χ3n) is 4.61. The molecular weight excluding hydrogens is 477 g/mol. The number of nitrogens with one attached hydrogen (secondary N) is 2. The molecule has 0 aliphatic carbocycles. The van der Waals surface area contributed by atoms with Gasteiger partial charge in [-0.2, -0.15) is 0 Å². The summed E-state index contributed by atoms with van der Waals surface area (Å²) >= 11 is 0. The van der Waals surface area contributed by atoms with E-state index in [1.807, 2.05) is 0 Å². The SMILES string of the molecule is CCC(c1ccccc1)N1CCN(C(=NC)NCCNS(C)(=O)=O)CC1.I. The van der Waals surface area contributed by atoms with Crippen LogP contribution in [0.3, 0.4) is 0 Å². The molecule has 0 amide bonds. The molecule has 1 aromatic carbocycles. The Morgan fingerprint density at radius 3 is 2.30 bits per heavy atom. The normalized spacial score (nSPS) is 17.3. The van der Waals surface area contributed by atoms with Gasteiger partial charge in [0, 0.05) is 52.4 Å². The smallest absolute Gasteiger partial charge is 0.208 e. The molecule has 27 heavy (non-hydrogen) atoms. The van der Waals surface area contributed by atoms with E-state index in [-0.39, 0.29) is 24.0 Å². The third-order valence-corrected chi connectivity index (χ3v) is 5.34. The minimum Gasteiger partial charge on any atom is -0.355 e. The maximum atomic E-state index is 11.1. The van der Waals surface area contributed by atoms with Crippen molar-refractivity contribution in [3.05, 3.63) is 35.9 Å². The standard InChI is InChI=1S/C18H31N5O2S.HI/c1-4-17(16-8-6-5-7-9-16)22-12-14-23(15-13-22)18(19-2)20-10-11-21-26(3,24)25;/h5-9,17,21H,4,10-15H2,1-3H3,(H,19,20);1H. The predicted octanol–water partition coefficient (Wildman–Crippen LogP) is 1.50. The highest BCUT2D eigenvalue weighted by Crippen LogP contribution is 2.25. The van der Waals surface area contributed by atoms with Gasteiger partial charge in [-0.3, -0.25) is 9.89 Å². The zero-order valence-corrected chi connectivity index (χ0v) is 19.5. The van der Waals surface area contributed by atoms with Crippen molar-refractivity contribution in [1.29, 1.82) is 0 Å². The zero-order valence-electron chi connectivity index (χ0n) is 16.4. The average molecular weight is 509 g/mol. The van der Waals surface area contributed by atoms with E-state index in [1.54, 1.807) is 7.05 Å². The van der Waals surface area contributed by atoms with E-state index in [0.717, 1.165) is 44.8 Å². The zero-order chi connectivity index (χ0) is 19.0. The van der Waals surface area contributed by atoms with Gasteiger partial charge in [0.2, 0.25) is 10.0 Å². The quantitative estimate of drug-likeness (QED) is 0.252. The predicted molar refractivity (Wildman–Crippen MR) is 122 cm³/mol. The summed E-state index contributed by atoms with van der Waals surface area (Å²) in [4.78, 5) is 9.09. The molecule has 1 heterocycles. The van der Waals surface area contributed by atoms with Crippen LogP contribution in [0.2, 0.25) is 0 Å². The van der Waals surface area contributed by atoms with Crippen LogP contribution in [-0.4, -0.2) is 76.7 Å². The third kappa shape index (κ3) is 7.92. The van der Waals surface area contributed by atoms with Gasteiger partial charge >= 0.3 is 0 Å². The van der Waals surface area contributed by atoms with Gasteiger partial charge in [-0.25, -0.2) is 13.1 Å². The van der Waals surface area contributed by atoms with Gasteiger partial charge < -0.3 is 10.2 Å². The van der Waals surface area contributed by atoms with Crippen molar-refractivity contribution in [2.45, 2.75) is 19.4 Å².